The van der Waals surface area contributed by atoms with Gasteiger partial charge in [-0.2, -0.15) is 0 Å². The number of nitrogens with zero attached hydrogens (tertiary/aromatic N) is 1. The van der Waals surface area contributed by atoms with Gasteiger partial charge in [0.25, 0.3) is 0 Å². The number of ether oxygens (including phenoxy) is 3. The summed E-state index contributed by atoms with van der Waals surface area (Å²) in [5, 5.41) is 1.44. The molecule has 3 aromatic carbocycles. The molecule has 1 aromatic heterocycles. The second-order valence-corrected chi connectivity index (χ2v) is 7.43. The lowest BCUT2D eigenvalue weighted by atomic mass is 10.0. The third-order valence-electron chi connectivity index (χ3n) is 5.33. The molecule has 0 amide bonds. The molecule has 6 heteroatoms. The largest absolute Gasteiger partial charge is 0.465 e. The minimum absolute atomic E-state index is 0.399. The van der Waals surface area contributed by atoms with Crippen LogP contribution in [0.5, 0.6) is 5.75 Å². The van der Waals surface area contributed by atoms with Crippen molar-refractivity contribution in [2.45, 2.75) is 13.3 Å². The summed E-state index contributed by atoms with van der Waals surface area (Å²) in [6.45, 7) is 2.21. The van der Waals surface area contributed by atoms with Crippen molar-refractivity contribution in [3.63, 3.8) is 0 Å². The van der Waals surface area contributed by atoms with Crippen molar-refractivity contribution in [3.05, 3.63) is 82.9 Å². The van der Waals surface area contributed by atoms with Crippen LogP contribution in [0.25, 0.3) is 21.8 Å². The Labute approximate surface area is 185 Å². The highest BCUT2D eigenvalue weighted by Gasteiger charge is 2.21. The highest BCUT2D eigenvalue weighted by molar-refractivity contribution is 6.14. The molecule has 6 nitrogen and oxygen atoms in total. The van der Waals surface area contributed by atoms with Gasteiger partial charge in [-0.25, -0.2) is 14.6 Å². The number of methoxy groups -OCH3 is 2. The fourth-order valence-electron chi connectivity index (χ4n) is 3.83. The van der Waals surface area contributed by atoms with Crippen LogP contribution in [0.2, 0.25) is 0 Å². The molecule has 0 spiro atoms. The van der Waals surface area contributed by atoms with Crippen molar-refractivity contribution in [1.82, 2.24) is 4.98 Å². The molecule has 0 saturated carbocycles. The molecule has 0 saturated heterocycles. The van der Waals surface area contributed by atoms with Crippen molar-refractivity contribution < 1.29 is 23.8 Å². The molecule has 162 valence electrons. The van der Waals surface area contributed by atoms with Gasteiger partial charge in [0.1, 0.15) is 5.75 Å². The summed E-state index contributed by atoms with van der Waals surface area (Å²) in [5.74, 6) is -0.507. The third-order valence-corrected chi connectivity index (χ3v) is 5.33. The van der Waals surface area contributed by atoms with Crippen LogP contribution in [-0.4, -0.2) is 37.7 Å². The standard InChI is InChI=1S/C26H23NO5/c1-16-14-18(25(28)31-3)15-17(12-13-30-2)24(16)32-26(29)23-19-8-4-6-10-21(19)27-22-11-7-5-9-20(22)23/h4-11,14-15H,12-13H2,1-3H3. The molecular weight excluding hydrogens is 406 g/mol. The monoisotopic (exact) mass is 429 g/mol. The van der Waals surface area contributed by atoms with E-state index in [1.54, 1.807) is 26.2 Å². The zero-order valence-corrected chi connectivity index (χ0v) is 18.2. The predicted octanol–water partition coefficient (Wildman–Crippen LogP) is 4.89. The maximum absolute atomic E-state index is 13.5. The Morgan fingerprint density at radius 2 is 1.50 bits per heavy atom. The maximum atomic E-state index is 13.5. The molecule has 0 aliphatic rings. The van der Waals surface area contributed by atoms with Gasteiger partial charge in [-0.1, -0.05) is 36.4 Å². The fraction of sp³-hybridized carbons (Fsp3) is 0.192. The van der Waals surface area contributed by atoms with Crippen LogP contribution in [0, 0.1) is 6.92 Å². The number of fused-ring (bicyclic) bond motifs is 2. The minimum atomic E-state index is -0.479. The average Bonchev–Trinajstić information content (AvgIpc) is 2.81. The van der Waals surface area contributed by atoms with E-state index in [1.807, 2.05) is 48.5 Å². The Bertz CT molecular complexity index is 1270. The van der Waals surface area contributed by atoms with Crippen LogP contribution in [0.3, 0.4) is 0 Å². The van der Waals surface area contributed by atoms with Gasteiger partial charge in [0.2, 0.25) is 0 Å². The molecule has 4 aromatic rings. The molecule has 0 fully saturated rings. The first-order chi connectivity index (χ1) is 15.5. The van der Waals surface area contributed by atoms with Crippen LogP contribution < -0.4 is 4.74 Å². The van der Waals surface area contributed by atoms with E-state index in [1.165, 1.54) is 7.11 Å². The number of hydrogen-bond donors (Lipinski definition) is 0. The number of aryl methyl sites for hydroxylation is 1. The number of rotatable bonds is 6. The third kappa shape index (κ3) is 4.05. The van der Waals surface area contributed by atoms with Gasteiger partial charge < -0.3 is 14.2 Å². The number of carbonyl (C=O) groups excluding carboxylic acids is 2. The fourth-order valence-corrected chi connectivity index (χ4v) is 3.83. The molecule has 32 heavy (non-hydrogen) atoms. The van der Waals surface area contributed by atoms with E-state index in [-0.39, 0.29) is 0 Å². The summed E-state index contributed by atoms with van der Waals surface area (Å²) in [4.78, 5) is 30.3. The van der Waals surface area contributed by atoms with E-state index in [4.69, 9.17) is 14.2 Å². The molecule has 0 unspecified atom stereocenters. The lowest BCUT2D eigenvalue weighted by molar-refractivity contribution is 0.0600. The summed E-state index contributed by atoms with van der Waals surface area (Å²) in [5.41, 5.74) is 3.65. The van der Waals surface area contributed by atoms with Gasteiger partial charge >= 0.3 is 11.9 Å². The van der Waals surface area contributed by atoms with Gasteiger partial charge in [-0.05, 0) is 48.7 Å². The van der Waals surface area contributed by atoms with E-state index in [9.17, 15) is 9.59 Å². The molecule has 0 N–H and O–H groups in total. The first-order valence-corrected chi connectivity index (χ1v) is 10.2. The van der Waals surface area contributed by atoms with Gasteiger partial charge in [-0.15, -0.1) is 0 Å². The van der Waals surface area contributed by atoms with Crippen LogP contribution >= 0.6 is 0 Å². The Morgan fingerprint density at radius 1 is 0.875 bits per heavy atom. The average molecular weight is 429 g/mol. The Kier molecular flexibility index (Phi) is 6.14. The number of aromatic nitrogens is 1. The number of pyridine rings is 1. The highest BCUT2D eigenvalue weighted by Crippen LogP contribution is 2.31. The molecule has 0 bridgehead atoms. The molecule has 0 aliphatic heterocycles. The number of benzene rings is 3. The van der Waals surface area contributed by atoms with E-state index in [0.29, 0.717) is 41.0 Å². The first kappa shape index (κ1) is 21.5. The second-order valence-electron chi connectivity index (χ2n) is 7.43. The summed E-state index contributed by atoms with van der Waals surface area (Å²) in [7, 11) is 2.93. The molecule has 4 rings (SSSR count). The zero-order chi connectivity index (χ0) is 22.7. The number of hydrogen-bond acceptors (Lipinski definition) is 6. The summed E-state index contributed by atoms with van der Waals surface area (Å²) < 4.78 is 16.0. The first-order valence-electron chi connectivity index (χ1n) is 10.2. The van der Waals surface area contributed by atoms with Crippen molar-refractivity contribution in [1.29, 1.82) is 0 Å². The normalized spacial score (nSPS) is 11.0. The van der Waals surface area contributed by atoms with E-state index in [2.05, 4.69) is 4.98 Å². The van der Waals surface area contributed by atoms with E-state index >= 15 is 0 Å². The Morgan fingerprint density at radius 3 is 2.09 bits per heavy atom. The molecule has 0 aliphatic carbocycles. The lowest BCUT2D eigenvalue weighted by Gasteiger charge is -2.16. The molecule has 1 heterocycles. The maximum Gasteiger partial charge on any atom is 0.344 e. The number of esters is 2. The van der Waals surface area contributed by atoms with Crippen molar-refractivity contribution in [3.8, 4) is 5.75 Å². The number of para-hydroxylation sites is 2. The van der Waals surface area contributed by atoms with Crippen molar-refractivity contribution in [2.75, 3.05) is 20.8 Å². The minimum Gasteiger partial charge on any atom is -0.465 e. The van der Waals surface area contributed by atoms with E-state index < -0.39 is 11.9 Å². The second kappa shape index (κ2) is 9.16. The van der Waals surface area contributed by atoms with Crippen molar-refractivity contribution >= 4 is 33.7 Å². The summed E-state index contributed by atoms with van der Waals surface area (Å²) in [6.07, 6.45) is 0.475. The van der Waals surface area contributed by atoms with Gasteiger partial charge in [0.05, 0.1) is 35.9 Å². The quantitative estimate of drug-likeness (QED) is 0.247. The molecule has 0 atom stereocenters. The Balaban J connectivity index is 1.83. The van der Waals surface area contributed by atoms with Gasteiger partial charge in [0.15, 0.2) is 0 Å². The van der Waals surface area contributed by atoms with Crippen LogP contribution in [0.1, 0.15) is 31.8 Å². The summed E-state index contributed by atoms with van der Waals surface area (Å²) >= 11 is 0. The highest BCUT2D eigenvalue weighted by atomic mass is 16.5. The summed E-state index contributed by atoms with van der Waals surface area (Å²) in [6, 6.07) is 18.3. The van der Waals surface area contributed by atoms with Crippen LogP contribution in [-0.2, 0) is 15.9 Å². The van der Waals surface area contributed by atoms with Crippen LogP contribution in [0.15, 0.2) is 60.7 Å². The molecular formula is C26H23NO5. The number of carbonyl (C=O) groups is 2. The van der Waals surface area contributed by atoms with E-state index in [0.717, 1.165) is 21.8 Å². The predicted molar refractivity (Wildman–Crippen MR) is 122 cm³/mol. The Hall–Kier alpha value is -3.77. The zero-order valence-electron chi connectivity index (χ0n) is 18.2. The van der Waals surface area contributed by atoms with Gasteiger partial charge in [-0.3, -0.25) is 0 Å². The lowest BCUT2D eigenvalue weighted by Crippen LogP contribution is -2.14. The topological polar surface area (TPSA) is 74.7 Å². The smallest absolute Gasteiger partial charge is 0.344 e. The van der Waals surface area contributed by atoms with Crippen LogP contribution in [0.4, 0.5) is 0 Å². The SMILES string of the molecule is COCCc1cc(C(=O)OC)cc(C)c1OC(=O)c1c2ccccc2nc2ccccc12. The van der Waals surface area contributed by atoms with Crippen molar-refractivity contribution in [2.24, 2.45) is 0 Å². The molecule has 0 radical (unpaired) electrons. The van der Waals surface area contributed by atoms with Gasteiger partial charge in [0, 0.05) is 17.9 Å².